The highest BCUT2D eigenvalue weighted by Gasteiger charge is 2.36. The SMILES string of the molecule is CCC1CC(CCCC2CC(CC(O)CCCC3CC(CCCC(O)CC4C[C@H](C)OC(c5ccccc5O)O4)OC(c4ccccc4O)O3)OC(CNC(C)=O)O2)OC(c2ccccc2O)O1. The van der Waals surface area contributed by atoms with Crippen LogP contribution in [0, 0.1) is 0 Å². The number of amides is 1. The van der Waals surface area contributed by atoms with E-state index in [0.717, 1.165) is 32.1 Å². The van der Waals surface area contributed by atoms with Crippen LogP contribution in [0.1, 0.15) is 159 Å². The number of phenolic OH excluding ortho intramolecular Hbond substituents is 3. The van der Waals surface area contributed by atoms with Crippen molar-refractivity contribution in [3.05, 3.63) is 89.5 Å². The molecule has 0 aromatic heterocycles. The Labute approximate surface area is 401 Å². The largest absolute Gasteiger partial charge is 0.507 e. The zero-order chi connectivity index (χ0) is 48.0. The highest BCUT2D eigenvalue weighted by molar-refractivity contribution is 5.72. The minimum atomic E-state index is -0.754. The molecule has 0 saturated carbocycles. The predicted octanol–water partition coefficient (Wildman–Crippen LogP) is 8.80. The van der Waals surface area contributed by atoms with Crippen LogP contribution in [0.4, 0.5) is 0 Å². The third kappa shape index (κ3) is 15.6. The van der Waals surface area contributed by atoms with Crippen LogP contribution in [0.3, 0.4) is 0 Å². The Morgan fingerprint density at radius 3 is 1.41 bits per heavy atom. The summed E-state index contributed by atoms with van der Waals surface area (Å²) in [5.74, 6) is 0.194. The number of para-hydroxylation sites is 3. The van der Waals surface area contributed by atoms with Crippen LogP contribution in [-0.4, -0.2) is 105 Å². The summed E-state index contributed by atoms with van der Waals surface area (Å²) in [7, 11) is 0. The quantitative estimate of drug-likeness (QED) is 0.0558. The lowest BCUT2D eigenvalue weighted by molar-refractivity contribution is -0.253. The van der Waals surface area contributed by atoms with Crippen molar-refractivity contribution in [2.45, 2.75) is 210 Å². The standard InChI is InChI=1S/C53H75NO14/c1-4-37-29-39(65-52(64-37)45-21-6-9-24-48(45)59)19-13-18-38-31-43(63-50(62-38)32-54-34(3)55)28-36(57)15-12-17-41-30-40(66-53(67-41)46-22-7-10-25-49(46)60)16-11-14-35(56)27-42-26-33(2)61-51(68-42)44-20-5-8-23-47(44)58/h5-10,20-25,33,35-43,50-53,56-60H,4,11-19,26-32H2,1-3H3,(H,54,55)/t33-,35?,36?,37?,38?,39?,40?,41?,42?,43?,50?,51?,52?,53?/m0/s1. The van der Waals surface area contributed by atoms with Gasteiger partial charge in [0.1, 0.15) is 17.2 Å². The zero-order valence-electron chi connectivity index (χ0n) is 39.9. The number of ether oxygens (including phenoxy) is 8. The van der Waals surface area contributed by atoms with Gasteiger partial charge in [-0.3, -0.25) is 4.79 Å². The fourth-order valence-corrected chi connectivity index (χ4v) is 10.0. The lowest BCUT2D eigenvalue weighted by atomic mass is 9.95. The second-order valence-electron chi connectivity index (χ2n) is 19.2. The Morgan fingerprint density at radius 2 is 0.926 bits per heavy atom. The van der Waals surface area contributed by atoms with E-state index in [9.17, 15) is 30.3 Å². The van der Waals surface area contributed by atoms with Crippen molar-refractivity contribution in [1.29, 1.82) is 0 Å². The maximum absolute atomic E-state index is 11.8. The number of aromatic hydroxyl groups is 3. The van der Waals surface area contributed by atoms with Gasteiger partial charge in [-0.1, -0.05) is 61.5 Å². The number of nitrogens with one attached hydrogen (secondary N) is 1. The van der Waals surface area contributed by atoms with E-state index in [2.05, 4.69) is 12.2 Å². The molecular formula is C53H75NO14. The average Bonchev–Trinajstić information content (AvgIpc) is 3.31. The maximum atomic E-state index is 11.8. The monoisotopic (exact) mass is 950 g/mol. The van der Waals surface area contributed by atoms with Crippen molar-refractivity contribution in [2.24, 2.45) is 0 Å². The van der Waals surface area contributed by atoms with E-state index in [1.54, 1.807) is 48.5 Å². The maximum Gasteiger partial charge on any atom is 0.217 e. The number of phenols is 3. The van der Waals surface area contributed by atoms with Gasteiger partial charge < -0.3 is 68.7 Å². The molecule has 376 valence electrons. The summed E-state index contributed by atoms with van der Waals surface area (Å²) in [6.45, 7) is 5.74. The van der Waals surface area contributed by atoms with Crippen molar-refractivity contribution in [3.8, 4) is 17.2 Å². The van der Waals surface area contributed by atoms with Gasteiger partial charge in [0.05, 0.1) is 67.6 Å². The van der Waals surface area contributed by atoms with Crippen LogP contribution in [0.2, 0.25) is 0 Å². The summed E-state index contributed by atoms with van der Waals surface area (Å²) in [6.07, 6.45) is 5.64. The van der Waals surface area contributed by atoms with Gasteiger partial charge in [0, 0.05) is 42.9 Å². The zero-order valence-corrected chi connectivity index (χ0v) is 39.9. The summed E-state index contributed by atoms with van der Waals surface area (Å²) < 4.78 is 50.2. The molecule has 3 aromatic carbocycles. The van der Waals surface area contributed by atoms with Gasteiger partial charge in [0.15, 0.2) is 25.2 Å². The highest BCUT2D eigenvalue weighted by Crippen LogP contribution is 2.40. The topological polar surface area (TPSA) is 204 Å². The number of rotatable bonds is 22. The lowest BCUT2D eigenvalue weighted by Crippen LogP contribution is -2.45. The first kappa shape index (κ1) is 52.0. The first-order valence-electron chi connectivity index (χ1n) is 25.1. The summed E-state index contributed by atoms with van der Waals surface area (Å²) in [4.78, 5) is 11.8. The molecule has 4 heterocycles. The molecule has 7 rings (SSSR count). The molecule has 6 N–H and O–H groups in total. The smallest absolute Gasteiger partial charge is 0.217 e. The van der Waals surface area contributed by atoms with Crippen LogP contribution in [0.25, 0.3) is 0 Å². The molecule has 15 heteroatoms. The van der Waals surface area contributed by atoms with E-state index in [1.807, 2.05) is 31.2 Å². The summed E-state index contributed by atoms with van der Waals surface area (Å²) in [5, 5.41) is 56.9. The van der Waals surface area contributed by atoms with Gasteiger partial charge in [-0.05, 0) is 109 Å². The Hall–Kier alpha value is -3.87. The van der Waals surface area contributed by atoms with Gasteiger partial charge in [-0.2, -0.15) is 0 Å². The Kier molecular flexibility index (Phi) is 19.7. The van der Waals surface area contributed by atoms with Crippen LogP contribution < -0.4 is 5.32 Å². The molecule has 0 bridgehead atoms. The van der Waals surface area contributed by atoms with E-state index >= 15 is 0 Å². The molecule has 14 atom stereocenters. The van der Waals surface area contributed by atoms with Crippen LogP contribution in [-0.2, 0) is 42.7 Å². The molecule has 4 aliphatic heterocycles. The number of aliphatic hydroxyl groups is 2. The highest BCUT2D eigenvalue weighted by atomic mass is 16.7. The molecule has 0 radical (unpaired) electrons. The van der Waals surface area contributed by atoms with Gasteiger partial charge in [-0.25, -0.2) is 0 Å². The fourth-order valence-electron chi connectivity index (χ4n) is 10.0. The van der Waals surface area contributed by atoms with Crippen LogP contribution >= 0.6 is 0 Å². The Balaban J connectivity index is 0.874. The lowest BCUT2D eigenvalue weighted by Gasteiger charge is -2.38. The number of carbonyl (C=O) groups is 1. The van der Waals surface area contributed by atoms with E-state index in [0.29, 0.717) is 87.3 Å². The van der Waals surface area contributed by atoms with Gasteiger partial charge in [0.25, 0.3) is 0 Å². The molecule has 0 spiro atoms. The molecule has 4 saturated heterocycles. The number of hydrogen-bond acceptors (Lipinski definition) is 14. The molecule has 0 aliphatic carbocycles. The van der Waals surface area contributed by atoms with Crippen molar-refractivity contribution in [1.82, 2.24) is 5.32 Å². The molecule has 15 nitrogen and oxygen atoms in total. The van der Waals surface area contributed by atoms with Crippen molar-refractivity contribution >= 4 is 5.91 Å². The third-order valence-corrected chi connectivity index (χ3v) is 13.6. The molecule has 1 amide bonds. The van der Waals surface area contributed by atoms with Gasteiger partial charge in [0.2, 0.25) is 5.91 Å². The minimum Gasteiger partial charge on any atom is -0.507 e. The molecule has 13 unspecified atom stereocenters. The predicted molar refractivity (Wildman–Crippen MR) is 251 cm³/mol. The molecule has 4 fully saturated rings. The number of hydrogen-bond donors (Lipinski definition) is 6. The first-order chi connectivity index (χ1) is 32.9. The minimum absolute atomic E-state index is 0.0237. The Bertz CT molecular complexity index is 1990. The third-order valence-electron chi connectivity index (χ3n) is 13.6. The number of carbonyl (C=O) groups excluding carboxylic acids is 1. The van der Waals surface area contributed by atoms with Crippen molar-refractivity contribution in [2.75, 3.05) is 6.54 Å². The molecule has 3 aromatic rings. The first-order valence-corrected chi connectivity index (χ1v) is 25.1. The van der Waals surface area contributed by atoms with E-state index in [4.69, 9.17) is 37.9 Å². The number of aliphatic hydroxyl groups excluding tert-OH is 2. The second kappa shape index (κ2) is 25.8. The fraction of sp³-hybridized carbons (Fsp3) is 0.642. The second-order valence-corrected chi connectivity index (χ2v) is 19.2. The van der Waals surface area contributed by atoms with E-state index < -0.39 is 37.4 Å². The summed E-state index contributed by atoms with van der Waals surface area (Å²) >= 11 is 0. The van der Waals surface area contributed by atoms with Crippen LogP contribution in [0.5, 0.6) is 17.2 Å². The van der Waals surface area contributed by atoms with Crippen molar-refractivity contribution < 1.29 is 68.2 Å². The van der Waals surface area contributed by atoms with Crippen molar-refractivity contribution in [3.63, 3.8) is 0 Å². The normalized spacial score (nSPS) is 30.9. The van der Waals surface area contributed by atoms with E-state index in [1.165, 1.54) is 6.92 Å². The van der Waals surface area contributed by atoms with E-state index in [-0.39, 0.29) is 78.5 Å². The summed E-state index contributed by atoms with van der Waals surface area (Å²) in [6, 6.07) is 21.1. The average molecular weight is 950 g/mol. The number of benzene rings is 3. The summed E-state index contributed by atoms with van der Waals surface area (Å²) in [5.41, 5.74) is 1.77. The van der Waals surface area contributed by atoms with Gasteiger partial charge in [-0.15, -0.1) is 0 Å². The molecule has 68 heavy (non-hydrogen) atoms. The van der Waals surface area contributed by atoms with Gasteiger partial charge >= 0.3 is 0 Å². The molecule has 4 aliphatic rings. The molecular weight excluding hydrogens is 875 g/mol. The Morgan fingerprint density at radius 1 is 0.544 bits per heavy atom. The van der Waals surface area contributed by atoms with Crippen LogP contribution in [0.15, 0.2) is 72.8 Å².